The topological polar surface area (TPSA) is 42.0 Å². The number of anilines is 1. The number of aromatic nitrogens is 1. The summed E-state index contributed by atoms with van der Waals surface area (Å²) < 4.78 is 13.3. The molecule has 0 bridgehead atoms. The maximum atomic E-state index is 13.3. The third kappa shape index (κ3) is 3.86. The Bertz CT molecular complexity index is 889. The summed E-state index contributed by atoms with van der Waals surface area (Å²) >= 11 is 1.41. The Morgan fingerprint density at radius 1 is 1.21 bits per heavy atom. The van der Waals surface area contributed by atoms with Crippen molar-refractivity contribution in [1.82, 2.24) is 4.98 Å². The van der Waals surface area contributed by atoms with E-state index in [1.165, 1.54) is 23.5 Å². The second-order valence-corrected chi connectivity index (χ2v) is 6.56. The molecular weight excluding hydrogens is 323 g/mol. The van der Waals surface area contributed by atoms with E-state index in [4.69, 9.17) is 0 Å². The number of rotatable bonds is 4. The second kappa shape index (κ2) is 6.93. The van der Waals surface area contributed by atoms with Crippen LogP contribution in [0.2, 0.25) is 0 Å². The normalized spacial score (nSPS) is 10.6. The van der Waals surface area contributed by atoms with Gasteiger partial charge in [-0.3, -0.25) is 4.79 Å². The molecule has 1 heterocycles. The van der Waals surface area contributed by atoms with Crippen LogP contribution in [0.3, 0.4) is 0 Å². The number of nitrogens with one attached hydrogen (secondary N) is 1. The van der Waals surface area contributed by atoms with Gasteiger partial charge in [0.25, 0.3) is 0 Å². The molecule has 2 aromatic carbocycles. The van der Waals surface area contributed by atoms with Crippen LogP contribution in [0.5, 0.6) is 0 Å². The fourth-order valence-corrected chi connectivity index (χ4v) is 3.19. The van der Waals surface area contributed by atoms with E-state index in [1.54, 1.807) is 6.07 Å². The lowest BCUT2D eigenvalue weighted by atomic mass is 10.1. The summed E-state index contributed by atoms with van der Waals surface area (Å²) in [4.78, 5) is 16.7. The number of carbonyl (C=O) groups excluding carboxylic acids is 1. The standard InChI is InChI=1S/C19H17FN2OS/c1-12-6-7-13(2)17(8-12)22-18(23)10-16-11-24-19(21-16)14-4-3-5-15(20)9-14/h3-9,11H,10H2,1-2H3,(H,22,23). The van der Waals surface area contributed by atoms with Gasteiger partial charge in [0.05, 0.1) is 12.1 Å². The fraction of sp³-hybridized carbons (Fsp3) is 0.158. The van der Waals surface area contributed by atoms with E-state index in [1.807, 2.05) is 43.5 Å². The van der Waals surface area contributed by atoms with Crippen molar-refractivity contribution in [3.63, 3.8) is 0 Å². The molecule has 1 aromatic heterocycles. The minimum Gasteiger partial charge on any atom is -0.325 e. The van der Waals surface area contributed by atoms with Crippen molar-refractivity contribution >= 4 is 22.9 Å². The number of nitrogens with zero attached hydrogens (tertiary/aromatic N) is 1. The maximum Gasteiger partial charge on any atom is 0.230 e. The predicted octanol–water partition coefficient (Wildman–Crippen LogP) is 4.75. The van der Waals surface area contributed by atoms with Crippen LogP contribution < -0.4 is 5.32 Å². The Labute approximate surface area is 144 Å². The van der Waals surface area contributed by atoms with Gasteiger partial charge >= 0.3 is 0 Å². The van der Waals surface area contributed by atoms with E-state index in [9.17, 15) is 9.18 Å². The summed E-state index contributed by atoms with van der Waals surface area (Å²) in [6.45, 7) is 3.95. The summed E-state index contributed by atoms with van der Waals surface area (Å²) in [7, 11) is 0. The summed E-state index contributed by atoms with van der Waals surface area (Å²) in [5.74, 6) is -0.406. The third-order valence-electron chi connectivity index (χ3n) is 3.63. The van der Waals surface area contributed by atoms with Crippen molar-refractivity contribution in [3.8, 4) is 10.6 Å². The van der Waals surface area contributed by atoms with Gasteiger partial charge in [0.2, 0.25) is 5.91 Å². The molecule has 0 saturated carbocycles. The zero-order valence-electron chi connectivity index (χ0n) is 13.5. The van der Waals surface area contributed by atoms with E-state index >= 15 is 0 Å². The molecular formula is C19H17FN2OS. The molecule has 1 N–H and O–H groups in total. The molecule has 0 aliphatic carbocycles. The number of hydrogen-bond donors (Lipinski definition) is 1. The largest absolute Gasteiger partial charge is 0.325 e. The van der Waals surface area contributed by atoms with Crippen LogP contribution in [0.1, 0.15) is 16.8 Å². The van der Waals surface area contributed by atoms with E-state index in [-0.39, 0.29) is 18.1 Å². The van der Waals surface area contributed by atoms with Gasteiger partial charge in [-0.25, -0.2) is 9.37 Å². The van der Waals surface area contributed by atoms with Crippen molar-refractivity contribution in [2.75, 3.05) is 5.32 Å². The zero-order valence-corrected chi connectivity index (χ0v) is 14.3. The van der Waals surface area contributed by atoms with Gasteiger partial charge < -0.3 is 5.32 Å². The number of hydrogen-bond acceptors (Lipinski definition) is 3. The molecule has 0 unspecified atom stereocenters. The van der Waals surface area contributed by atoms with Crippen molar-refractivity contribution < 1.29 is 9.18 Å². The number of halogens is 1. The van der Waals surface area contributed by atoms with E-state index in [2.05, 4.69) is 10.3 Å². The molecule has 0 fully saturated rings. The van der Waals surface area contributed by atoms with E-state index < -0.39 is 0 Å². The van der Waals surface area contributed by atoms with Crippen LogP contribution in [0.4, 0.5) is 10.1 Å². The van der Waals surface area contributed by atoms with Crippen molar-refractivity contribution in [2.45, 2.75) is 20.3 Å². The first-order valence-electron chi connectivity index (χ1n) is 7.59. The van der Waals surface area contributed by atoms with Gasteiger partial charge in [0.1, 0.15) is 10.8 Å². The van der Waals surface area contributed by atoms with Crippen LogP contribution in [0, 0.1) is 19.7 Å². The third-order valence-corrected chi connectivity index (χ3v) is 4.57. The van der Waals surface area contributed by atoms with Crippen LogP contribution in [-0.4, -0.2) is 10.9 Å². The van der Waals surface area contributed by atoms with Crippen molar-refractivity contribution in [1.29, 1.82) is 0 Å². The highest BCUT2D eigenvalue weighted by atomic mass is 32.1. The SMILES string of the molecule is Cc1ccc(C)c(NC(=O)Cc2csc(-c3cccc(F)c3)n2)c1. The Morgan fingerprint density at radius 2 is 2.04 bits per heavy atom. The molecule has 0 saturated heterocycles. The van der Waals surface area contributed by atoms with Crippen molar-refractivity contribution in [3.05, 3.63) is 70.5 Å². The molecule has 5 heteroatoms. The molecule has 0 radical (unpaired) electrons. The minimum atomic E-state index is -0.295. The van der Waals surface area contributed by atoms with Gasteiger partial charge in [-0.05, 0) is 43.2 Å². The first-order chi connectivity index (χ1) is 11.5. The first kappa shape index (κ1) is 16.3. The molecule has 0 aliphatic rings. The fourth-order valence-electron chi connectivity index (χ4n) is 2.37. The van der Waals surface area contributed by atoms with Crippen LogP contribution in [-0.2, 0) is 11.2 Å². The molecule has 122 valence electrons. The lowest BCUT2D eigenvalue weighted by molar-refractivity contribution is -0.115. The van der Waals surface area contributed by atoms with Gasteiger partial charge in [0, 0.05) is 16.6 Å². The molecule has 1 amide bonds. The zero-order chi connectivity index (χ0) is 17.1. The lowest BCUT2D eigenvalue weighted by Gasteiger charge is -2.08. The van der Waals surface area contributed by atoms with E-state index in [0.717, 1.165) is 22.4 Å². The summed E-state index contributed by atoms with van der Waals surface area (Å²) in [5, 5.41) is 5.47. The Hall–Kier alpha value is -2.53. The summed E-state index contributed by atoms with van der Waals surface area (Å²) in [6.07, 6.45) is 0.194. The molecule has 3 aromatic rings. The van der Waals surface area contributed by atoms with Crippen LogP contribution in [0.15, 0.2) is 47.8 Å². The monoisotopic (exact) mass is 340 g/mol. The van der Waals surface area contributed by atoms with Crippen molar-refractivity contribution in [2.24, 2.45) is 0 Å². The van der Waals surface area contributed by atoms with Gasteiger partial charge in [-0.15, -0.1) is 11.3 Å². The van der Waals surface area contributed by atoms with Gasteiger partial charge in [0.15, 0.2) is 0 Å². The number of amides is 1. The number of thiazole rings is 1. The highest BCUT2D eigenvalue weighted by molar-refractivity contribution is 7.13. The van der Waals surface area contributed by atoms with Gasteiger partial charge in [-0.1, -0.05) is 24.3 Å². The Kier molecular flexibility index (Phi) is 4.71. The smallest absolute Gasteiger partial charge is 0.230 e. The maximum absolute atomic E-state index is 13.3. The molecule has 0 aliphatic heterocycles. The first-order valence-corrected chi connectivity index (χ1v) is 8.46. The van der Waals surface area contributed by atoms with Crippen LogP contribution in [0.25, 0.3) is 10.6 Å². The lowest BCUT2D eigenvalue weighted by Crippen LogP contribution is -2.15. The number of carbonyl (C=O) groups is 1. The van der Waals surface area contributed by atoms with Crippen LogP contribution >= 0.6 is 11.3 Å². The molecule has 3 rings (SSSR count). The van der Waals surface area contributed by atoms with E-state index in [0.29, 0.717) is 10.7 Å². The predicted molar refractivity (Wildman–Crippen MR) is 95.8 cm³/mol. The summed E-state index contributed by atoms with van der Waals surface area (Å²) in [6, 6.07) is 12.2. The number of aryl methyl sites for hydroxylation is 2. The quantitative estimate of drug-likeness (QED) is 0.745. The Morgan fingerprint density at radius 3 is 2.83 bits per heavy atom. The average molecular weight is 340 g/mol. The molecule has 24 heavy (non-hydrogen) atoms. The Balaban J connectivity index is 1.70. The summed E-state index contributed by atoms with van der Waals surface area (Å²) in [5.41, 5.74) is 4.34. The molecule has 3 nitrogen and oxygen atoms in total. The highest BCUT2D eigenvalue weighted by Crippen LogP contribution is 2.24. The number of benzene rings is 2. The second-order valence-electron chi connectivity index (χ2n) is 5.70. The van der Waals surface area contributed by atoms with Gasteiger partial charge in [-0.2, -0.15) is 0 Å². The molecule has 0 spiro atoms. The highest BCUT2D eigenvalue weighted by Gasteiger charge is 2.11. The average Bonchev–Trinajstić information content (AvgIpc) is 2.99. The minimum absolute atomic E-state index is 0.111. The molecule has 0 atom stereocenters.